The van der Waals surface area contributed by atoms with Gasteiger partial charge < -0.3 is 11.1 Å². The van der Waals surface area contributed by atoms with E-state index in [0.717, 1.165) is 12.2 Å². The Morgan fingerprint density at radius 2 is 2.29 bits per heavy atom. The molecule has 0 amide bonds. The lowest BCUT2D eigenvalue weighted by molar-refractivity contribution is 0.471. The molecular weight excluding hydrogens is 176 g/mol. The van der Waals surface area contributed by atoms with Gasteiger partial charge in [0.15, 0.2) is 0 Å². The van der Waals surface area contributed by atoms with Crippen molar-refractivity contribution >= 4 is 0 Å². The molecule has 0 saturated heterocycles. The van der Waals surface area contributed by atoms with Crippen LogP contribution in [0.15, 0.2) is 18.6 Å². The number of rotatable bonds is 5. The summed E-state index contributed by atoms with van der Waals surface area (Å²) in [5.74, 6) is 0.617. The van der Waals surface area contributed by atoms with Crippen molar-refractivity contribution in [2.45, 2.75) is 19.9 Å². The highest BCUT2D eigenvalue weighted by Gasteiger charge is 2.09. The topological polar surface area (TPSA) is 63.8 Å². The van der Waals surface area contributed by atoms with Crippen molar-refractivity contribution in [1.82, 2.24) is 15.3 Å². The van der Waals surface area contributed by atoms with E-state index in [2.05, 4.69) is 29.1 Å². The molecule has 0 aliphatic heterocycles. The van der Waals surface area contributed by atoms with Crippen LogP contribution in [-0.4, -0.2) is 23.1 Å². The summed E-state index contributed by atoms with van der Waals surface area (Å²) in [4.78, 5) is 8.05. The van der Waals surface area contributed by atoms with Gasteiger partial charge in [0.25, 0.3) is 0 Å². The van der Waals surface area contributed by atoms with Crippen molar-refractivity contribution in [3.63, 3.8) is 0 Å². The van der Waals surface area contributed by atoms with Crippen molar-refractivity contribution in [3.05, 3.63) is 24.3 Å². The second-order valence-corrected chi connectivity index (χ2v) is 3.72. The molecule has 78 valence electrons. The summed E-state index contributed by atoms with van der Waals surface area (Å²) in [6, 6.07) is 2.03. The maximum absolute atomic E-state index is 5.67. The van der Waals surface area contributed by atoms with Gasteiger partial charge in [-0.15, -0.1) is 0 Å². The first kappa shape index (κ1) is 11.1. The molecule has 3 N–H and O–H groups in total. The number of aromatic nitrogens is 2. The molecule has 1 heterocycles. The maximum Gasteiger partial charge on any atom is 0.115 e. The van der Waals surface area contributed by atoms with E-state index < -0.39 is 0 Å². The molecule has 0 fully saturated rings. The molecule has 0 aliphatic carbocycles. The molecule has 0 radical (unpaired) electrons. The van der Waals surface area contributed by atoms with Gasteiger partial charge in [-0.1, -0.05) is 13.8 Å². The Bertz CT molecular complexity index is 248. The first-order valence-corrected chi connectivity index (χ1v) is 4.93. The van der Waals surface area contributed by atoms with Crippen LogP contribution in [0, 0.1) is 5.92 Å². The monoisotopic (exact) mass is 194 g/mol. The third-order valence-electron chi connectivity index (χ3n) is 1.97. The fraction of sp³-hybridized carbons (Fsp3) is 0.600. The van der Waals surface area contributed by atoms with Crippen molar-refractivity contribution in [1.29, 1.82) is 0 Å². The van der Waals surface area contributed by atoms with E-state index in [1.165, 1.54) is 0 Å². The van der Waals surface area contributed by atoms with E-state index >= 15 is 0 Å². The molecule has 0 aromatic carbocycles. The quantitative estimate of drug-likeness (QED) is 0.725. The fourth-order valence-corrected chi connectivity index (χ4v) is 1.19. The van der Waals surface area contributed by atoms with Crippen LogP contribution >= 0.6 is 0 Å². The minimum atomic E-state index is 0.139. The van der Waals surface area contributed by atoms with Gasteiger partial charge in [-0.3, -0.25) is 0 Å². The summed E-state index contributed by atoms with van der Waals surface area (Å²) in [6.45, 7) is 5.84. The van der Waals surface area contributed by atoms with Gasteiger partial charge in [0, 0.05) is 12.7 Å². The highest BCUT2D eigenvalue weighted by atomic mass is 15.0. The van der Waals surface area contributed by atoms with Crippen LogP contribution < -0.4 is 11.1 Å². The normalized spacial score (nSPS) is 13.1. The molecule has 1 aromatic heterocycles. The molecule has 1 atom stereocenters. The van der Waals surface area contributed by atoms with Crippen LogP contribution in [0.5, 0.6) is 0 Å². The third-order valence-corrected chi connectivity index (χ3v) is 1.97. The number of nitrogens with one attached hydrogen (secondary N) is 1. The Labute approximate surface area is 85.0 Å². The highest BCUT2D eigenvalue weighted by Crippen LogP contribution is 2.06. The van der Waals surface area contributed by atoms with E-state index in [0.29, 0.717) is 12.5 Å². The van der Waals surface area contributed by atoms with Gasteiger partial charge in [0.05, 0.1) is 11.7 Å². The molecule has 0 saturated carbocycles. The third kappa shape index (κ3) is 3.40. The zero-order valence-electron chi connectivity index (χ0n) is 8.77. The first-order chi connectivity index (χ1) is 6.74. The van der Waals surface area contributed by atoms with Gasteiger partial charge in [-0.25, -0.2) is 9.97 Å². The Morgan fingerprint density at radius 3 is 2.79 bits per heavy atom. The van der Waals surface area contributed by atoms with Crippen LogP contribution in [0.3, 0.4) is 0 Å². The van der Waals surface area contributed by atoms with Crippen LogP contribution in [0.2, 0.25) is 0 Å². The van der Waals surface area contributed by atoms with Gasteiger partial charge in [0.2, 0.25) is 0 Å². The predicted octanol–water partition coefficient (Wildman–Crippen LogP) is 0.722. The van der Waals surface area contributed by atoms with Gasteiger partial charge in [0.1, 0.15) is 6.33 Å². The second-order valence-electron chi connectivity index (χ2n) is 3.72. The lowest BCUT2D eigenvalue weighted by Gasteiger charge is -2.17. The average Bonchev–Trinajstić information content (AvgIpc) is 2.20. The number of hydrogen-bond donors (Lipinski definition) is 2. The Balaban J connectivity index is 2.54. The number of hydrogen-bond acceptors (Lipinski definition) is 4. The SMILES string of the molecule is CC(C)CNC(CN)c1ccncn1. The largest absolute Gasteiger partial charge is 0.329 e. The van der Waals surface area contributed by atoms with E-state index in [1.54, 1.807) is 12.5 Å². The van der Waals surface area contributed by atoms with Crippen molar-refractivity contribution < 1.29 is 0 Å². The Morgan fingerprint density at radius 1 is 1.50 bits per heavy atom. The predicted molar refractivity (Wildman–Crippen MR) is 56.7 cm³/mol. The highest BCUT2D eigenvalue weighted by molar-refractivity contribution is 5.05. The van der Waals surface area contributed by atoms with Crippen LogP contribution in [0.4, 0.5) is 0 Å². The van der Waals surface area contributed by atoms with Gasteiger partial charge in [-0.2, -0.15) is 0 Å². The van der Waals surface area contributed by atoms with Crippen LogP contribution in [-0.2, 0) is 0 Å². The van der Waals surface area contributed by atoms with Crippen molar-refractivity contribution in [2.24, 2.45) is 11.7 Å². The van der Waals surface area contributed by atoms with Crippen molar-refractivity contribution in [2.75, 3.05) is 13.1 Å². The average molecular weight is 194 g/mol. The molecule has 1 unspecified atom stereocenters. The molecule has 0 aliphatic rings. The smallest absolute Gasteiger partial charge is 0.115 e. The zero-order valence-corrected chi connectivity index (χ0v) is 8.77. The summed E-state index contributed by atoms with van der Waals surface area (Å²) in [5, 5.41) is 3.37. The maximum atomic E-state index is 5.67. The summed E-state index contributed by atoms with van der Waals surface area (Å²) in [7, 11) is 0. The van der Waals surface area contributed by atoms with Crippen LogP contribution in [0.25, 0.3) is 0 Å². The van der Waals surface area contributed by atoms with E-state index in [-0.39, 0.29) is 6.04 Å². The number of nitrogens with two attached hydrogens (primary N) is 1. The molecule has 4 nitrogen and oxygen atoms in total. The van der Waals surface area contributed by atoms with E-state index in [9.17, 15) is 0 Å². The molecule has 0 spiro atoms. The number of nitrogens with zero attached hydrogens (tertiary/aromatic N) is 2. The molecule has 0 bridgehead atoms. The van der Waals surface area contributed by atoms with E-state index in [1.807, 2.05) is 6.07 Å². The zero-order chi connectivity index (χ0) is 10.4. The molecule has 1 rings (SSSR count). The minimum absolute atomic E-state index is 0.139. The standard InChI is InChI=1S/C10H18N4/c1-8(2)6-13-10(5-11)9-3-4-12-7-14-9/h3-4,7-8,10,13H,5-6,11H2,1-2H3. The van der Waals surface area contributed by atoms with E-state index in [4.69, 9.17) is 5.73 Å². The summed E-state index contributed by atoms with van der Waals surface area (Å²) in [6.07, 6.45) is 3.29. The Hall–Kier alpha value is -1.00. The summed E-state index contributed by atoms with van der Waals surface area (Å²) in [5.41, 5.74) is 6.63. The molecular formula is C10H18N4. The fourth-order valence-electron chi connectivity index (χ4n) is 1.19. The van der Waals surface area contributed by atoms with Gasteiger partial charge in [-0.05, 0) is 18.5 Å². The van der Waals surface area contributed by atoms with Crippen LogP contribution in [0.1, 0.15) is 25.6 Å². The van der Waals surface area contributed by atoms with Gasteiger partial charge >= 0.3 is 0 Å². The first-order valence-electron chi connectivity index (χ1n) is 4.93. The molecule has 1 aromatic rings. The van der Waals surface area contributed by atoms with Crippen molar-refractivity contribution in [3.8, 4) is 0 Å². The second kappa shape index (κ2) is 5.67. The summed E-state index contributed by atoms with van der Waals surface area (Å²) >= 11 is 0. The molecule has 14 heavy (non-hydrogen) atoms. The Kier molecular flexibility index (Phi) is 4.49. The molecule has 4 heteroatoms. The lowest BCUT2D eigenvalue weighted by atomic mass is 10.1. The minimum Gasteiger partial charge on any atom is -0.329 e. The lowest BCUT2D eigenvalue weighted by Crippen LogP contribution is -2.31. The summed E-state index contributed by atoms with van der Waals surface area (Å²) < 4.78 is 0.